The van der Waals surface area contributed by atoms with E-state index in [1.165, 1.54) is 7.11 Å². The Bertz CT molecular complexity index is 1200. The molecule has 0 atom stereocenters. The highest BCUT2D eigenvalue weighted by Gasteiger charge is 2.20. The number of ether oxygens (including phenoxy) is 2. The van der Waals surface area contributed by atoms with Gasteiger partial charge in [0.1, 0.15) is 12.3 Å². The van der Waals surface area contributed by atoms with Crippen molar-refractivity contribution in [3.05, 3.63) is 81.7 Å². The van der Waals surface area contributed by atoms with Crippen molar-refractivity contribution in [1.29, 1.82) is 0 Å². The number of nitrogens with zero attached hydrogens (tertiary/aromatic N) is 3. The van der Waals surface area contributed by atoms with Gasteiger partial charge in [-0.15, -0.1) is 0 Å². The Morgan fingerprint density at radius 2 is 1.66 bits per heavy atom. The number of halogens is 1. The first-order chi connectivity index (χ1) is 16.9. The van der Waals surface area contributed by atoms with Crippen molar-refractivity contribution in [2.75, 3.05) is 50.6 Å². The molecule has 2 heterocycles. The standard InChI is InChI=1S/C26H29ClN4O4/c1-34-23-9-7-21(8-10-23)30-13-11-29(12-14-30)16-22-15-24(32)25(35-2)17-31(22)18-26(33)28-20-5-3-19(27)4-6-20/h3-10,15,17H,11-14,16,18H2,1-2H3,(H,28,33). The molecule has 1 aliphatic rings. The molecule has 4 rings (SSSR count). The molecule has 9 heteroatoms. The second-order valence-corrected chi connectivity index (χ2v) is 8.78. The van der Waals surface area contributed by atoms with Gasteiger partial charge in [-0.25, -0.2) is 0 Å². The number of piperazine rings is 1. The Morgan fingerprint density at radius 3 is 2.29 bits per heavy atom. The normalized spacial score (nSPS) is 14.0. The summed E-state index contributed by atoms with van der Waals surface area (Å²) >= 11 is 5.92. The van der Waals surface area contributed by atoms with Crippen LogP contribution >= 0.6 is 11.6 Å². The number of benzene rings is 2. The Balaban J connectivity index is 1.43. The molecule has 0 spiro atoms. The van der Waals surface area contributed by atoms with Crippen molar-refractivity contribution in [3.8, 4) is 11.5 Å². The second-order valence-electron chi connectivity index (χ2n) is 8.34. The Labute approximate surface area is 209 Å². The fraction of sp³-hybridized carbons (Fsp3) is 0.308. The first kappa shape index (κ1) is 24.6. The number of anilines is 2. The van der Waals surface area contributed by atoms with E-state index in [1.54, 1.807) is 48.2 Å². The van der Waals surface area contributed by atoms with Gasteiger partial charge in [-0.1, -0.05) is 11.6 Å². The number of hydrogen-bond donors (Lipinski definition) is 1. The van der Waals surface area contributed by atoms with E-state index in [-0.39, 0.29) is 23.6 Å². The number of hydrogen-bond acceptors (Lipinski definition) is 6. The van der Waals surface area contributed by atoms with E-state index < -0.39 is 0 Å². The summed E-state index contributed by atoms with van der Waals surface area (Å²) in [6.07, 6.45) is 1.60. The minimum Gasteiger partial charge on any atom is -0.497 e. The Kier molecular flexibility index (Phi) is 7.94. The molecule has 0 bridgehead atoms. The summed E-state index contributed by atoms with van der Waals surface area (Å²) in [6, 6.07) is 16.5. The predicted molar refractivity (Wildman–Crippen MR) is 138 cm³/mol. The van der Waals surface area contributed by atoms with E-state index >= 15 is 0 Å². The zero-order valence-corrected chi connectivity index (χ0v) is 20.6. The van der Waals surface area contributed by atoms with Gasteiger partial charge in [0.25, 0.3) is 0 Å². The largest absolute Gasteiger partial charge is 0.497 e. The minimum absolute atomic E-state index is 0.0560. The van der Waals surface area contributed by atoms with E-state index in [2.05, 4.69) is 27.2 Å². The SMILES string of the molecule is COc1ccc(N2CCN(Cc3cc(=O)c(OC)cn3CC(=O)Nc3ccc(Cl)cc3)CC2)cc1. The number of nitrogens with one attached hydrogen (secondary N) is 1. The van der Waals surface area contributed by atoms with Crippen molar-refractivity contribution >= 4 is 28.9 Å². The summed E-state index contributed by atoms with van der Waals surface area (Å²) in [5.41, 5.74) is 2.38. The lowest BCUT2D eigenvalue weighted by molar-refractivity contribution is -0.116. The Hall–Kier alpha value is -3.49. The van der Waals surface area contributed by atoms with E-state index in [1.807, 2.05) is 12.1 Å². The van der Waals surface area contributed by atoms with Gasteiger partial charge in [0.05, 0.1) is 20.4 Å². The number of aromatic nitrogens is 1. The number of pyridine rings is 1. The molecule has 35 heavy (non-hydrogen) atoms. The minimum atomic E-state index is -0.205. The average molecular weight is 497 g/mol. The molecule has 0 radical (unpaired) electrons. The molecule has 0 saturated carbocycles. The molecule has 1 aliphatic heterocycles. The summed E-state index contributed by atoms with van der Waals surface area (Å²) in [5.74, 6) is 0.839. The molecule has 1 saturated heterocycles. The molecule has 3 aromatic rings. The molecule has 184 valence electrons. The predicted octanol–water partition coefficient (Wildman–Crippen LogP) is 3.48. The van der Waals surface area contributed by atoms with Gasteiger partial charge in [-0.2, -0.15) is 0 Å². The highest BCUT2D eigenvalue weighted by molar-refractivity contribution is 6.30. The van der Waals surface area contributed by atoms with E-state index in [0.29, 0.717) is 17.3 Å². The number of amides is 1. The van der Waals surface area contributed by atoms with Crippen LogP contribution in [0.2, 0.25) is 5.02 Å². The first-order valence-corrected chi connectivity index (χ1v) is 11.8. The van der Waals surface area contributed by atoms with Crippen LogP contribution in [0.5, 0.6) is 11.5 Å². The second kappa shape index (κ2) is 11.3. The van der Waals surface area contributed by atoms with Crippen molar-refractivity contribution in [3.63, 3.8) is 0 Å². The Morgan fingerprint density at radius 1 is 0.971 bits per heavy atom. The summed E-state index contributed by atoms with van der Waals surface area (Å²) in [7, 11) is 3.11. The fourth-order valence-corrected chi connectivity index (χ4v) is 4.23. The van der Waals surface area contributed by atoms with Gasteiger partial charge >= 0.3 is 0 Å². The quantitative estimate of drug-likeness (QED) is 0.514. The summed E-state index contributed by atoms with van der Waals surface area (Å²) < 4.78 is 12.2. The van der Waals surface area contributed by atoms with Crippen LogP contribution in [0.25, 0.3) is 0 Å². The third kappa shape index (κ3) is 6.35. The van der Waals surface area contributed by atoms with Crippen LogP contribution < -0.4 is 25.1 Å². The molecule has 0 unspecified atom stereocenters. The van der Waals surface area contributed by atoms with Crippen molar-refractivity contribution < 1.29 is 14.3 Å². The summed E-state index contributed by atoms with van der Waals surface area (Å²) in [6.45, 7) is 4.02. The maximum Gasteiger partial charge on any atom is 0.244 e. The van der Waals surface area contributed by atoms with Crippen LogP contribution in [-0.4, -0.2) is 55.8 Å². The van der Waals surface area contributed by atoms with Gasteiger partial charge in [-0.05, 0) is 48.5 Å². The molecular weight excluding hydrogens is 468 g/mol. The monoisotopic (exact) mass is 496 g/mol. The first-order valence-electron chi connectivity index (χ1n) is 11.4. The van der Waals surface area contributed by atoms with Crippen LogP contribution in [-0.2, 0) is 17.9 Å². The van der Waals surface area contributed by atoms with Crippen molar-refractivity contribution in [1.82, 2.24) is 9.47 Å². The van der Waals surface area contributed by atoms with Gasteiger partial charge in [0.15, 0.2) is 5.75 Å². The van der Waals surface area contributed by atoms with Gasteiger partial charge in [-0.3, -0.25) is 14.5 Å². The number of rotatable bonds is 8. The molecular formula is C26H29ClN4O4. The smallest absolute Gasteiger partial charge is 0.244 e. The van der Waals surface area contributed by atoms with Crippen molar-refractivity contribution in [2.45, 2.75) is 13.1 Å². The maximum atomic E-state index is 12.7. The number of carbonyl (C=O) groups excluding carboxylic acids is 1. The fourth-order valence-electron chi connectivity index (χ4n) is 4.11. The molecule has 8 nitrogen and oxygen atoms in total. The zero-order valence-electron chi connectivity index (χ0n) is 19.9. The van der Waals surface area contributed by atoms with E-state index in [4.69, 9.17) is 21.1 Å². The molecule has 1 aromatic heterocycles. The lowest BCUT2D eigenvalue weighted by atomic mass is 10.2. The van der Waals surface area contributed by atoms with Gasteiger partial charge in [0, 0.05) is 60.9 Å². The third-order valence-electron chi connectivity index (χ3n) is 6.04. The molecule has 1 amide bonds. The van der Waals surface area contributed by atoms with Crippen LogP contribution in [0, 0.1) is 0 Å². The van der Waals surface area contributed by atoms with Crippen LogP contribution in [0.1, 0.15) is 5.69 Å². The van der Waals surface area contributed by atoms with E-state index in [9.17, 15) is 9.59 Å². The topological polar surface area (TPSA) is 76.0 Å². The van der Waals surface area contributed by atoms with Crippen LogP contribution in [0.3, 0.4) is 0 Å². The van der Waals surface area contributed by atoms with E-state index in [0.717, 1.165) is 43.3 Å². The van der Waals surface area contributed by atoms with Gasteiger partial charge < -0.3 is 24.3 Å². The average Bonchev–Trinajstić information content (AvgIpc) is 2.87. The summed E-state index contributed by atoms with van der Waals surface area (Å²) in [4.78, 5) is 29.8. The van der Waals surface area contributed by atoms with Crippen molar-refractivity contribution in [2.24, 2.45) is 0 Å². The third-order valence-corrected chi connectivity index (χ3v) is 6.29. The number of carbonyl (C=O) groups is 1. The summed E-state index contributed by atoms with van der Waals surface area (Å²) in [5, 5.41) is 3.47. The van der Waals surface area contributed by atoms with Crippen LogP contribution in [0.15, 0.2) is 65.6 Å². The number of methoxy groups -OCH3 is 2. The molecule has 1 fully saturated rings. The molecule has 1 N–H and O–H groups in total. The molecule has 2 aromatic carbocycles. The lowest BCUT2D eigenvalue weighted by Crippen LogP contribution is -2.46. The lowest BCUT2D eigenvalue weighted by Gasteiger charge is -2.36. The maximum absolute atomic E-state index is 12.7. The van der Waals surface area contributed by atoms with Gasteiger partial charge in [0.2, 0.25) is 11.3 Å². The molecule has 0 aliphatic carbocycles. The van der Waals surface area contributed by atoms with Crippen LogP contribution in [0.4, 0.5) is 11.4 Å². The zero-order chi connectivity index (χ0) is 24.8. The highest BCUT2D eigenvalue weighted by Crippen LogP contribution is 2.21. The highest BCUT2D eigenvalue weighted by atomic mass is 35.5.